The molecule has 16 heavy (non-hydrogen) atoms. The van der Waals surface area contributed by atoms with Crippen LogP contribution in [0.4, 0.5) is 0 Å². The molecule has 0 radical (unpaired) electrons. The molecule has 3 N–H and O–H groups in total. The molecule has 1 aromatic rings. The van der Waals surface area contributed by atoms with E-state index in [2.05, 4.69) is 5.32 Å². The van der Waals surface area contributed by atoms with E-state index in [0.29, 0.717) is 12.1 Å². The Bertz CT molecular complexity index is 338. The molecule has 0 saturated heterocycles. The van der Waals surface area contributed by atoms with Gasteiger partial charge in [0.15, 0.2) is 0 Å². The highest BCUT2D eigenvalue weighted by Gasteiger charge is 2.06. The molecule has 0 fully saturated rings. The first kappa shape index (κ1) is 13.2. The molecule has 1 rings (SSSR count). The summed E-state index contributed by atoms with van der Waals surface area (Å²) in [5, 5.41) is 22.9. The van der Waals surface area contributed by atoms with Crippen LogP contribution in [0.15, 0.2) is 11.4 Å². The average Bonchev–Trinajstić information content (AvgIpc) is 2.72. The van der Waals surface area contributed by atoms with Crippen molar-refractivity contribution in [3.05, 3.63) is 21.9 Å². The van der Waals surface area contributed by atoms with Crippen LogP contribution in [0.3, 0.4) is 0 Å². The minimum absolute atomic E-state index is 0.245. The molecule has 0 amide bonds. The van der Waals surface area contributed by atoms with Crippen LogP contribution in [-0.4, -0.2) is 28.8 Å². The molecule has 5 heteroatoms. The first-order valence-corrected chi connectivity index (χ1v) is 6.21. The summed E-state index contributed by atoms with van der Waals surface area (Å²) in [6.07, 6.45) is 1.25. The Morgan fingerprint density at radius 3 is 2.94 bits per heavy atom. The van der Waals surface area contributed by atoms with E-state index >= 15 is 0 Å². The first-order valence-electron chi connectivity index (χ1n) is 5.33. The van der Waals surface area contributed by atoms with Gasteiger partial charge < -0.3 is 15.5 Å². The molecule has 0 spiro atoms. The maximum Gasteiger partial charge on any atom is 0.336 e. The van der Waals surface area contributed by atoms with Crippen molar-refractivity contribution in [3.63, 3.8) is 0 Å². The van der Waals surface area contributed by atoms with Crippen molar-refractivity contribution < 1.29 is 15.0 Å². The van der Waals surface area contributed by atoms with Gasteiger partial charge >= 0.3 is 5.97 Å². The van der Waals surface area contributed by atoms with Crippen molar-refractivity contribution in [1.29, 1.82) is 0 Å². The standard InChI is InChI=1S/C11H17NO3S/c1-2-9(13)3-4-12-6-10-5-8(7-16-10)11(14)15/h5,7,9,12-13H,2-4,6H2,1H3,(H,14,15). The smallest absolute Gasteiger partial charge is 0.336 e. The number of carbonyl (C=O) groups is 1. The van der Waals surface area contributed by atoms with Crippen LogP contribution in [-0.2, 0) is 6.54 Å². The molecule has 1 heterocycles. The van der Waals surface area contributed by atoms with E-state index in [-0.39, 0.29) is 6.10 Å². The number of rotatable bonds is 7. The van der Waals surface area contributed by atoms with Crippen LogP contribution >= 0.6 is 11.3 Å². The zero-order valence-corrected chi connectivity index (χ0v) is 10.1. The number of aliphatic hydroxyl groups excluding tert-OH is 1. The van der Waals surface area contributed by atoms with E-state index < -0.39 is 5.97 Å². The van der Waals surface area contributed by atoms with Gasteiger partial charge in [-0.1, -0.05) is 6.92 Å². The predicted molar refractivity (Wildman–Crippen MR) is 63.9 cm³/mol. The van der Waals surface area contributed by atoms with E-state index in [0.717, 1.165) is 24.3 Å². The molecule has 0 aromatic carbocycles. The van der Waals surface area contributed by atoms with E-state index in [1.165, 1.54) is 11.3 Å². The van der Waals surface area contributed by atoms with Crippen molar-refractivity contribution in [2.75, 3.05) is 6.54 Å². The maximum atomic E-state index is 10.6. The highest BCUT2D eigenvalue weighted by atomic mass is 32.1. The molecule has 0 bridgehead atoms. The number of hydrogen-bond donors (Lipinski definition) is 3. The monoisotopic (exact) mass is 243 g/mol. The average molecular weight is 243 g/mol. The minimum atomic E-state index is -0.885. The van der Waals surface area contributed by atoms with E-state index in [1.807, 2.05) is 6.92 Å². The quantitative estimate of drug-likeness (QED) is 0.637. The molecule has 0 saturated carbocycles. The number of aliphatic hydroxyl groups is 1. The molecule has 1 unspecified atom stereocenters. The highest BCUT2D eigenvalue weighted by Crippen LogP contribution is 2.14. The van der Waals surface area contributed by atoms with Crippen molar-refractivity contribution in [3.8, 4) is 0 Å². The second kappa shape index (κ2) is 6.62. The predicted octanol–water partition coefficient (Wildman–Crippen LogP) is 1.70. The summed E-state index contributed by atoms with van der Waals surface area (Å²) in [6.45, 7) is 3.35. The van der Waals surface area contributed by atoms with Crippen LogP contribution < -0.4 is 5.32 Å². The number of thiophene rings is 1. The number of carboxylic acid groups (broad SMARTS) is 1. The molecular formula is C11H17NO3S. The van der Waals surface area contributed by atoms with Gasteiger partial charge in [-0.05, 0) is 25.5 Å². The Morgan fingerprint density at radius 2 is 2.38 bits per heavy atom. The Hall–Kier alpha value is -0.910. The lowest BCUT2D eigenvalue weighted by molar-refractivity contribution is 0.0697. The van der Waals surface area contributed by atoms with Gasteiger partial charge in [-0.2, -0.15) is 0 Å². The third-order valence-corrected chi connectivity index (χ3v) is 3.26. The number of nitrogens with one attached hydrogen (secondary N) is 1. The summed E-state index contributed by atoms with van der Waals surface area (Å²) >= 11 is 1.44. The molecule has 0 aliphatic rings. The fourth-order valence-corrected chi connectivity index (χ4v) is 2.10. The summed E-state index contributed by atoms with van der Waals surface area (Å²) in [7, 11) is 0. The number of carboxylic acids is 1. The van der Waals surface area contributed by atoms with E-state index in [1.54, 1.807) is 11.4 Å². The van der Waals surface area contributed by atoms with E-state index in [4.69, 9.17) is 5.11 Å². The van der Waals surface area contributed by atoms with Crippen LogP contribution in [0.1, 0.15) is 35.0 Å². The Kier molecular flexibility index (Phi) is 5.45. The molecule has 90 valence electrons. The van der Waals surface area contributed by atoms with Gasteiger partial charge in [-0.3, -0.25) is 0 Å². The summed E-state index contributed by atoms with van der Waals surface area (Å²) < 4.78 is 0. The van der Waals surface area contributed by atoms with Gasteiger partial charge in [0, 0.05) is 16.8 Å². The molecule has 0 aliphatic heterocycles. The van der Waals surface area contributed by atoms with Crippen molar-refractivity contribution in [2.45, 2.75) is 32.4 Å². The Morgan fingerprint density at radius 1 is 1.62 bits per heavy atom. The summed E-state index contributed by atoms with van der Waals surface area (Å²) in [5.74, 6) is -0.885. The zero-order valence-electron chi connectivity index (χ0n) is 9.27. The summed E-state index contributed by atoms with van der Waals surface area (Å²) in [4.78, 5) is 11.6. The fourth-order valence-electron chi connectivity index (χ4n) is 1.27. The highest BCUT2D eigenvalue weighted by molar-refractivity contribution is 7.10. The largest absolute Gasteiger partial charge is 0.478 e. The molecular weight excluding hydrogens is 226 g/mol. The first-order chi connectivity index (χ1) is 7.63. The molecule has 4 nitrogen and oxygen atoms in total. The molecule has 0 aliphatic carbocycles. The van der Waals surface area contributed by atoms with Gasteiger partial charge in [-0.25, -0.2) is 4.79 Å². The summed E-state index contributed by atoms with van der Waals surface area (Å²) in [6, 6.07) is 1.68. The lowest BCUT2D eigenvalue weighted by atomic mass is 10.2. The third kappa shape index (κ3) is 4.30. The Balaban J connectivity index is 2.24. The van der Waals surface area contributed by atoms with Crippen molar-refractivity contribution in [2.24, 2.45) is 0 Å². The third-order valence-electron chi connectivity index (χ3n) is 2.33. The van der Waals surface area contributed by atoms with E-state index in [9.17, 15) is 9.90 Å². The van der Waals surface area contributed by atoms with Crippen molar-refractivity contribution >= 4 is 17.3 Å². The maximum absolute atomic E-state index is 10.6. The lowest BCUT2D eigenvalue weighted by Gasteiger charge is -2.07. The second-order valence-electron chi connectivity index (χ2n) is 3.63. The topological polar surface area (TPSA) is 69.6 Å². The zero-order chi connectivity index (χ0) is 12.0. The Labute approximate surface area is 98.9 Å². The second-order valence-corrected chi connectivity index (χ2v) is 4.63. The van der Waals surface area contributed by atoms with Crippen LogP contribution in [0.2, 0.25) is 0 Å². The summed E-state index contributed by atoms with van der Waals surface area (Å²) in [5.41, 5.74) is 0.343. The minimum Gasteiger partial charge on any atom is -0.478 e. The fraction of sp³-hybridized carbons (Fsp3) is 0.545. The normalized spacial score (nSPS) is 12.6. The molecule has 1 atom stereocenters. The van der Waals surface area contributed by atoms with Crippen LogP contribution in [0.5, 0.6) is 0 Å². The van der Waals surface area contributed by atoms with Gasteiger partial charge in [-0.15, -0.1) is 11.3 Å². The van der Waals surface area contributed by atoms with Gasteiger partial charge in [0.2, 0.25) is 0 Å². The lowest BCUT2D eigenvalue weighted by Crippen LogP contribution is -2.19. The van der Waals surface area contributed by atoms with Crippen molar-refractivity contribution in [1.82, 2.24) is 5.32 Å². The van der Waals surface area contributed by atoms with Gasteiger partial charge in [0.25, 0.3) is 0 Å². The SMILES string of the molecule is CCC(O)CCNCc1cc(C(=O)O)cs1. The molecule has 1 aromatic heterocycles. The van der Waals surface area contributed by atoms with Gasteiger partial charge in [0.1, 0.15) is 0 Å². The van der Waals surface area contributed by atoms with Crippen LogP contribution in [0, 0.1) is 0 Å². The number of hydrogen-bond acceptors (Lipinski definition) is 4. The van der Waals surface area contributed by atoms with Gasteiger partial charge in [0.05, 0.1) is 11.7 Å². The number of aromatic carboxylic acids is 1. The van der Waals surface area contributed by atoms with Crippen LogP contribution in [0.25, 0.3) is 0 Å².